The molecule has 0 radical (unpaired) electrons. The van der Waals surface area contributed by atoms with Crippen molar-refractivity contribution in [2.45, 2.75) is 64.2 Å². The quantitative estimate of drug-likeness (QED) is 0.339. The van der Waals surface area contributed by atoms with Gasteiger partial charge in [0.05, 0.1) is 48.4 Å². The number of Topliss-reactive ketones (excluding diaryl/α,β-unsaturated/α-hetero) is 1. The first-order valence-electron chi connectivity index (χ1n) is 14.7. The van der Waals surface area contributed by atoms with Gasteiger partial charge >= 0.3 is 6.01 Å². The monoisotopic (exact) mass is 562 g/mol. The number of ether oxygens (including phenoxy) is 1. The van der Waals surface area contributed by atoms with E-state index in [1.54, 1.807) is 31.0 Å². The van der Waals surface area contributed by atoms with Crippen molar-refractivity contribution in [3.63, 3.8) is 0 Å². The van der Waals surface area contributed by atoms with Crippen molar-refractivity contribution in [1.29, 1.82) is 5.26 Å². The molecule has 1 unspecified atom stereocenters. The predicted molar refractivity (Wildman–Crippen MR) is 156 cm³/mol. The van der Waals surface area contributed by atoms with E-state index in [9.17, 15) is 10.1 Å². The number of carbonyl (C=O) groups excluding carboxylic acids is 1. The number of carbonyl (C=O) groups is 1. The third-order valence-electron chi connectivity index (χ3n) is 8.67. The van der Waals surface area contributed by atoms with Crippen LogP contribution in [0.25, 0.3) is 11.3 Å². The Labute approximate surface area is 245 Å². The highest BCUT2D eigenvalue weighted by Crippen LogP contribution is 2.42. The van der Waals surface area contributed by atoms with Crippen molar-refractivity contribution in [1.82, 2.24) is 29.9 Å². The number of methoxy groups -OCH3 is 1. The van der Waals surface area contributed by atoms with Crippen LogP contribution in [0.5, 0.6) is 6.01 Å². The van der Waals surface area contributed by atoms with Crippen LogP contribution in [0.1, 0.15) is 80.6 Å². The van der Waals surface area contributed by atoms with Crippen molar-refractivity contribution >= 4 is 11.5 Å². The zero-order valence-corrected chi connectivity index (χ0v) is 24.0. The maximum atomic E-state index is 13.6. The van der Waals surface area contributed by atoms with Crippen molar-refractivity contribution in [2.24, 2.45) is 22.7 Å². The van der Waals surface area contributed by atoms with Crippen LogP contribution >= 0.6 is 0 Å². The number of ketones is 1. The second kappa shape index (κ2) is 12.2. The van der Waals surface area contributed by atoms with Gasteiger partial charge in [0.1, 0.15) is 23.4 Å². The molecule has 3 aromatic heterocycles. The van der Waals surface area contributed by atoms with Gasteiger partial charge in [0.2, 0.25) is 0 Å². The van der Waals surface area contributed by atoms with Crippen molar-refractivity contribution in [2.75, 3.05) is 13.7 Å². The molecule has 4 heterocycles. The third kappa shape index (κ3) is 6.10. The number of nitrogens with zero attached hydrogens (tertiary/aromatic N) is 8. The van der Waals surface area contributed by atoms with Crippen LogP contribution in [0.15, 0.2) is 47.6 Å². The van der Waals surface area contributed by atoms with Gasteiger partial charge < -0.3 is 4.74 Å². The molecule has 2 saturated carbocycles. The van der Waals surface area contributed by atoms with Gasteiger partial charge in [-0.15, -0.1) is 0 Å². The third-order valence-corrected chi connectivity index (χ3v) is 8.67. The van der Waals surface area contributed by atoms with Crippen LogP contribution in [-0.4, -0.2) is 55.1 Å². The van der Waals surface area contributed by atoms with Gasteiger partial charge in [-0.25, -0.2) is 19.9 Å². The summed E-state index contributed by atoms with van der Waals surface area (Å²) >= 11 is 0. The fourth-order valence-corrected chi connectivity index (χ4v) is 6.12. The summed E-state index contributed by atoms with van der Waals surface area (Å²) < 4.78 is 5.04. The summed E-state index contributed by atoms with van der Waals surface area (Å²) in [7, 11) is 1.53. The molecule has 10 nitrogen and oxygen atoms in total. The maximum absolute atomic E-state index is 13.6. The molecule has 214 valence electrons. The molecule has 0 aromatic carbocycles. The molecule has 0 amide bonds. The number of nitriles is 1. The summed E-state index contributed by atoms with van der Waals surface area (Å²) in [4.78, 5) is 45.1. The standard InChI is InChI=1S/C32H34N8O2/c1-19-9-10-34-30(19)31-23(13-33)14-37-28(40-31)12-21-5-7-22(8-6-21)29(27(41)11-20-3-4-20)26-18-35-25(17-36-26)24-15-38-32(42-2)39-16-24/h9,14-18,20-22,29H,3-8,10-12H2,1-2H3. The Kier molecular flexibility index (Phi) is 8.08. The molecule has 0 saturated heterocycles. The lowest BCUT2D eigenvalue weighted by atomic mass is 9.72. The van der Waals surface area contributed by atoms with Crippen LogP contribution < -0.4 is 4.74 Å². The smallest absolute Gasteiger partial charge is 0.316 e. The summed E-state index contributed by atoms with van der Waals surface area (Å²) in [6, 6.07) is 2.51. The minimum absolute atomic E-state index is 0.232. The Morgan fingerprint density at radius 2 is 1.74 bits per heavy atom. The topological polar surface area (TPSA) is 140 Å². The molecule has 1 atom stereocenters. The second-order valence-electron chi connectivity index (χ2n) is 11.6. The number of hydrogen-bond donors (Lipinski definition) is 0. The summed E-state index contributed by atoms with van der Waals surface area (Å²) in [5.41, 5.74) is 5.10. The Balaban J connectivity index is 1.15. The molecule has 0 bridgehead atoms. The van der Waals surface area contributed by atoms with Gasteiger partial charge in [-0.2, -0.15) is 5.26 Å². The number of aromatic nitrogens is 6. The SMILES string of the molecule is COc1ncc(-c2cnc(C(C(=O)CC3CC3)C3CCC(Cc4ncc(C#N)c(C5=NCC=C5C)n4)CC3)cn2)cn1. The van der Waals surface area contributed by atoms with Gasteiger partial charge in [-0.3, -0.25) is 19.8 Å². The molecular formula is C32H34N8O2. The zero-order valence-electron chi connectivity index (χ0n) is 24.0. The van der Waals surface area contributed by atoms with E-state index in [0.29, 0.717) is 47.8 Å². The summed E-state index contributed by atoms with van der Waals surface area (Å²) in [5.74, 6) is 1.97. The summed E-state index contributed by atoms with van der Waals surface area (Å²) in [6.07, 6.45) is 18.0. The largest absolute Gasteiger partial charge is 0.467 e. The first-order chi connectivity index (χ1) is 20.5. The average Bonchev–Trinajstić information content (AvgIpc) is 3.74. The van der Waals surface area contributed by atoms with E-state index in [4.69, 9.17) is 14.7 Å². The van der Waals surface area contributed by atoms with Crippen LogP contribution in [0.2, 0.25) is 0 Å². The minimum atomic E-state index is -0.242. The van der Waals surface area contributed by atoms with Gasteiger partial charge in [0, 0.05) is 43.2 Å². The highest BCUT2D eigenvalue weighted by Gasteiger charge is 2.37. The van der Waals surface area contributed by atoms with Crippen LogP contribution in [-0.2, 0) is 11.2 Å². The lowest BCUT2D eigenvalue weighted by molar-refractivity contribution is -0.122. The zero-order chi connectivity index (χ0) is 29.1. The van der Waals surface area contributed by atoms with Crippen molar-refractivity contribution in [3.05, 3.63) is 65.4 Å². The number of aliphatic imine (C=N–C) groups is 1. The number of rotatable bonds is 10. The van der Waals surface area contributed by atoms with Gasteiger partial charge in [0.25, 0.3) is 0 Å². The second-order valence-corrected chi connectivity index (χ2v) is 11.6. The predicted octanol–water partition coefficient (Wildman–Crippen LogP) is 4.85. The minimum Gasteiger partial charge on any atom is -0.467 e. The fraction of sp³-hybridized carbons (Fsp3) is 0.469. The van der Waals surface area contributed by atoms with Crippen LogP contribution in [0.3, 0.4) is 0 Å². The molecular weight excluding hydrogens is 528 g/mol. The van der Waals surface area contributed by atoms with E-state index < -0.39 is 0 Å². The lowest BCUT2D eigenvalue weighted by Gasteiger charge is -2.33. The van der Waals surface area contributed by atoms with Crippen molar-refractivity contribution < 1.29 is 9.53 Å². The first-order valence-corrected chi connectivity index (χ1v) is 14.7. The van der Waals surface area contributed by atoms with E-state index in [-0.39, 0.29) is 17.6 Å². The van der Waals surface area contributed by atoms with Gasteiger partial charge in [0.15, 0.2) is 0 Å². The molecule has 42 heavy (non-hydrogen) atoms. The average molecular weight is 563 g/mol. The Hall–Kier alpha value is -4.39. The van der Waals surface area contributed by atoms with E-state index in [2.05, 4.69) is 31.0 Å². The molecule has 3 aromatic rings. The summed E-state index contributed by atoms with van der Waals surface area (Å²) in [6.45, 7) is 2.63. The Bertz CT molecular complexity index is 1550. The molecule has 0 N–H and O–H groups in total. The van der Waals surface area contributed by atoms with E-state index in [1.165, 1.54) is 7.11 Å². The van der Waals surface area contributed by atoms with Crippen LogP contribution in [0.4, 0.5) is 0 Å². The number of allylic oxidation sites excluding steroid dienone is 1. The molecule has 0 spiro atoms. The lowest BCUT2D eigenvalue weighted by Crippen LogP contribution is -2.28. The van der Waals surface area contributed by atoms with Crippen molar-refractivity contribution in [3.8, 4) is 23.3 Å². The van der Waals surface area contributed by atoms with E-state index in [1.807, 2.05) is 13.0 Å². The first kappa shape index (κ1) is 27.8. The maximum Gasteiger partial charge on any atom is 0.316 e. The Morgan fingerprint density at radius 1 is 0.976 bits per heavy atom. The highest BCUT2D eigenvalue weighted by molar-refractivity contribution is 6.13. The van der Waals surface area contributed by atoms with Gasteiger partial charge in [-0.1, -0.05) is 6.08 Å². The molecule has 6 rings (SSSR count). The Morgan fingerprint density at radius 3 is 2.36 bits per heavy atom. The van der Waals surface area contributed by atoms with Gasteiger partial charge in [-0.05, 0) is 68.8 Å². The van der Waals surface area contributed by atoms with E-state index >= 15 is 0 Å². The summed E-state index contributed by atoms with van der Waals surface area (Å²) in [5, 5.41) is 9.60. The fourth-order valence-electron chi connectivity index (χ4n) is 6.12. The number of hydrogen-bond acceptors (Lipinski definition) is 10. The highest BCUT2D eigenvalue weighted by atomic mass is 16.5. The van der Waals surface area contributed by atoms with E-state index in [0.717, 1.165) is 73.3 Å². The molecule has 2 fully saturated rings. The molecule has 3 aliphatic rings. The molecule has 10 heteroatoms. The van der Waals surface area contributed by atoms with Crippen LogP contribution in [0, 0.1) is 29.1 Å². The molecule has 1 aliphatic heterocycles. The normalized spacial score (nSPS) is 20.8. The molecule has 2 aliphatic carbocycles.